The standard InChI is InChI=1S/C15H24N2O2S/c1-5-10-17(4)20(18,19)15-11-13(12-16-7-3)8-9-14(15)6-2/h5,8-9,11,16H,1,6-7,10,12H2,2-4H3. The van der Waals surface area contributed by atoms with Gasteiger partial charge in [0, 0.05) is 20.1 Å². The Balaban J connectivity index is 3.22. The van der Waals surface area contributed by atoms with Gasteiger partial charge in [-0.2, -0.15) is 4.31 Å². The maximum absolute atomic E-state index is 12.6. The molecule has 0 aliphatic carbocycles. The topological polar surface area (TPSA) is 49.4 Å². The SMILES string of the molecule is C=CCN(C)S(=O)(=O)c1cc(CNCC)ccc1CC. The van der Waals surface area contributed by atoms with E-state index >= 15 is 0 Å². The Hall–Kier alpha value is -1.17. The number of rotatable bonds is 8. The second-order valence-electron chi connectivity index (χ2n) is 4.65. The third-order valence-corrected chi connectivity index (χ3v) is 5.07. The molecular weight excluding hydrogens is 272 g/mol. The quantitative estimate of drug-likeness (QED) is 0.748. The third-order valence-electron chi connectivity index (χ3n) is 3.17. The van der Waals surface area contributed by atoms with Gasteiger partial charge in [-0.15, -0.1) is 6.58 Å². The highest BCUT2D eigenvalue weighted by atomic mass is 32.2. The number of nitrogens with one attached hydrogen (secondary N) is 1. The van der Waals surface area contributed by atoms with Crippen molar-refractivity contribution in [3.8, 4) is 0 Å². The van der Waals surface area contributed by atoms with Crippen molar-refractivity contribution < 1.29 is 8.42 Å². The van der Waals surface area contributed by atoms with E-state index in [-0.39, 0.29) is 0 Å². The molecule has 112 valence electrons. The first-order chi connectivity index (χ1) is 9.47. The Kier molecular flexibility index (Phi) is 6.39. The van der Waals surface area contributed by atoms with Gasteiger partial charge >= 0.3 is 0 Å². The van der Waals surface area contributed by atoms with Gasteiger partial charge in [-0.1, -0.05) is 32.1 Å². The minimum atomic E-state index is -3.46. The maximum atomic E-state index is 12.6. The van der Waals surface area contributed by atoms with Crippen LogP contribution in [0.5, 0.6) is 0 Å². The molecular formula is C15H24N2O2S. The number of likely N-dealkylation sites (N-methyl/N-ethyl adjacent to an activating group) is 1. The highest BCUT2D eigenvalue weighted by Gasteiger charge is 2.22. The van der Waals surface area contributed by atoms with E-state index < -0.39 is 10.0 Å². The predicted molar refractivity (Wildman–Crippen MR) is 83.2 cm³/mol. The Morgan fingerprint density at radius 1 is 1.35 bits per heavy atom. The molecule has 4 nitrogen and oxygen atoms in total. The fourth-order valence-electron chi connectivity index (χ4n) is 1.96. The van der Waals surface area contributed by atoms with E-state index in [1.54, 1.807) is 19.2 Å². The second kappa shape index (κ2) is 7.57. The van der Waals surface area contributed by atoms with Gasteiger partial charge in [-0.05, 0) is 30.2 Å². The smallest absolute Gasteiger partial charge is 0.243 e. The van der Waals surface area contributed by atoms with Crippen LogP contribution in [0.2, 0.25) is 0 Å². The molecule has 5 heteroatoms. The number of hydrogen-bond acceptors (Lipinski definition) is 3. The summed E-state index contributed by atoms with van der Waals surface area (Å²) in [6.07, 6.45) is 2.28. The van der Waals surface area contributed by atoms with E-state index in [1.165, 1.54) is 4.31 Å². The van der Waals surface area contributed by atoms with Crippen LogP contribution in [0.25, 0.3) is 0 Å². The van der Waals surface area contributed by atoms with Crippen LogP contribution in [-0.4, -0.2) is 32.9 Å². The number of benzene rings is 1. The van der Waals surface area contributed by atoms with Crippen LogP contribution in [0.1, 0.15) is 25.0 Å². The van der Waals surface area contributed by atoms with Crippen LogP contribution >= 0.6 is 0 Å². The van der Waals surface area contributed by atoms with E-state index in [0.717, 1.165) is 17.7 Å². The monoisotopic (exact) mass is 296 g/mol. The van der Waals surface area contributed by atoms with Crippen molar-refractivity contribution in [3.05, 3.63) is 42.0 Å². The van der Waals surface area contributed by atoms with Gasteiger partial charge in [0.1, 0.15) is 0 Å². The summed E-state index contributed by atoms with van der Waals surface area (Å²) >= 11 is 0. The zero-order valence-electron chi connectivity index (χ0n) is 12.5. The zero-order valence-corrected chi connectivity index (χ0v) is 13.3. The highest BCUT2D eigenvalue weighted by Crippen LogP contribution is 2.22. The lowest BCUT2D eigenvalue weighted by atomic mass is 10.1. The molecule has 0 fully saturated rings. The molecule has 0 aliphatic heterocycles. The average Bonchev–Trinajstić information content (AvgIpc) is 2.45. The van der Waals surface area contributed by atoms with Crippen molar-refractivity contribution in [2.45, 2.75) is 31.7 Å². The van der Waals surface area contributed by atoms with E-state index in [2.05, 4.69) is 11.9 Å². The van der Waals surface area contributed by atoms with Gasteiger partial charge in [0.25, 0.3) is 0 Å². The summed E-state index contributed by atoms with van der Waals surface area (Å²) in [4.78, 5) is 0.403. The Labute approximate surface area is 122 Å². The first-order valence-corrected chi connectivity index (χ1v) is 8.31. The van der Waals surface area contributed by atoms with Gasteiger partial charge in [0.2, 0.25) is 10.0 Å². The first kappa shape index (κ1) is 16.9. The third kappa shape index (κ3) is 3.91. The van der Waals surface area contributed by atoms with Crippen LogP contribution in [0.15, 0.2) is 35.7 Å². The van der Waals surface area contributed by atoms with Crippen molar-refractivity contribution in [1.82, 2.24) is 9.62 Å². The van der Waals surface area contributed by atoms with E-state index in [4.69, 9.17) is 0 Å². The first-order valence-electron chi connectivity index (χ1n) is 6.87. The number of aryl methyl sites for hydroxylation is 1. The van der Waals surface area contributed by atoms with Crippen LogP contribution in [-0.2, 0) is 23.0 Å². The predicted octanol–water partition coefficient (Wildman–Crippen LogP) is 2.17. The van der Waals surface area contributed by atoms with Crippen molar-refractivity contribution >= 4 is 10.0 Å². The highest BCUT2D eigenvalue weighted by molar-refractivity contribution is 7.89. The van der Waals surface area contributed by atoms with Crippen molar-refractivity contribution in [2.75, 3.05) is 20.1 Å². The molecule has 1 N–H and O–H groups in total. The van der Waals surface area contributed by atoms with Crippen LogP contribution in [0.3, 0.4) is 0 Å². The number of sulfonamides is 1. The lowest BCUT2D eigenvalue weighted by Gasteiger charge is -2.18. The molecule has 0 unspecified atom stereocenters. The number of nitrogens with zero attached hydrogens (tertiary/aromatic N) is 1. The second-order valence-corrected chi connectivity index (χ2v) is 6.66. The van der Waals surface area contributed by atoms with E-state index in [1.807, 2.05) is 26.0 Å². The summed E-state index contributed by atoms with van der Waals surface area (Å²) in [6.45, 7) is 9.42. The number of hydrogen-bond donors (Lipinski definition) is 1. The molecule has 20 heavy (non-hydrogen) atoms. The molecule has 1 aromatic rings. The molecule has 0 heterocycles. The molecule has 0 saturated carbocycles. The summed E-state index contributed by atoms with van der Waals surface area (Å²) in [5.74, 6) is 0. The average molecular weight is 296 g/mol. The molecule has 0 saturated heterocycles. The molecule has 0 atom stereocenters. The lowest BCUT2D eigenvalue weighted by Crippen LogP contribution is -2.28. The normalized spacial score (nSPS) is 11.8. The summed E-state index contributed by atoms with van der Waals surface area (Å²) < 4.78 is 26.5. The molecule has 0 spiro atoms. The van der Waals surface area contributed by atoms with E-state index in [0.29, 0.717) is 24.4 Å². The Bertz CT molecular complexity index is 553. The molecule has 0 radical (unpaired) electrons. The largest absolute Gasteiger partial charge is 0.313 e. The van der Waals surface area contributed by atoms with Crippen molar-refractivity contribution in [1.29, 1.82) is 0 Å². The van der Waals surface area contributed by atoms with Crippen LogP contribution in [0, 0.1) is 0 Å². The summed E-state index contributed by atoms with van der Waals surface area (Å²) in [5, 5.41) is 3.21. The van der Waals surface area contributed by atoms with Gasteiger partial charge in [0.15, 0.2) is 0 Å². The van der Waals surface area contributed by atoms with Gasteiger partial charge in [0.05, 0.1) is 4.90 Å². The van der Waals surface area contributed by atoms with Crippen LogP contribution < -0.4 is 5.32 Å². The molecule has 0 aliphatic rings. The molecule has 1 aromatic carbocycles. The fourth-order valence-corrected chi connectivity index (χ4v) is 3.44. The van der Waals surface area contributed by atoms with Gasteiger partial charge in [-0.25, -0.2) is 8.42 Å². The lowest BCUT2D eigenvalue weighted by molar-refractivity contribution is 0.498. The minimum absolute atomic E-state index is 0.308. The molecule has 0 bridgehead atoms. The summed E-state index contributed by atoms with van der Waals surface area (Å²) in [7, 11) is -1.88. The van der Waals surface area contributed by atoms with Crippen molar-refractivity contribution in [3.63, 3.8) is 0 Å². The molecule has 0 amide bonds. The van der Waals surface area contributed by atoms with Crippen LogP contribution in [0.4, 0.5) is 0 Å². The van der Waals surface area contributed by atoms with E-state index in [9.17, 15) is 8.42 Å². The Morgan fingerprint density at radius 3 is 2.60 bits per heavy atom. The Morgan fingerprint density at radius 2 is 2.05 bits per heavy atom. The van der Waals surface area contributed by atoms with Gasteiger partial charge in [-0.3, -0.25) is 0 Å². The summed E-state index contributed by atoms with van der Waals surface area (Å²) in [5.41, 5.74) is 1.83. The molecule has 1 rings (SSSR count). The minimum Gasteiger partial charge on any atom is -0.313 e. The maximum Gasteiger partial charge on any atom is 0.243 e. The summed E-state index contributed by atoms with van der Waals surface area (Å²) in [6, 6.07) is 5.66. The van der Waals surface area contributed by atoms with Gasteiger partial charge < -0.3 is 5.32 Å². The zero-order chi connectivity index (χ0) is 15.2. The van der Waals surface area contributed by atoms with Crippen molar-refractivity contribution in [2.24, 2.45) is 0 Å². The fraction of sp³-hybridized carbons (Fsp3) is 0.467. The molecule has 0 aromatic heterocycles.